The van der Waals surface area contributed by atoms with Gasteiger partial charge in [-0.25, -0.2) is 8.42 Å². The fraction of sp³-hybridized carbons (Fsp3) is 0.833. The zero-order valence-corrected chi connectivity index (χ0v) is 12.1. The Morgan fingerprint density at radius 2 is 2.05 bits per heavy atom. The minimum atomic E-state index is -3.65. The molecule has 1 aliphatic carbocycles. The van der Waals surface area contributed by atoms with Gasteiger partial charge in [0.1, 0.15) is 5.54 Å². The van der Waals surface area contributed by atoms with Gasteiger partial charge in [-0.15, -0.1) is 0 Å². The molecule has 19 heavy (non-hydrogen) atoms. The van der Waals surface area contributed by atoms with Gasteiger partial charge >= 0.3 is 5.97 Å². The summed E-state index contributed by atoms with van der Waals surface area (Å²) in [7, 11) is -2.44. The summed E-state index contributed by atoms with van der Waals surface area (Å²) in [6.45, 7) is 2.09. The molecule has 0 aliphatic heterocycles. The van der Waals surface area contributed by atoms with Gasteiger partial charge in [0.2, 0.25) is 10.0 Å². The van der Waals surface area contributed by atoms with Gasteiger partial charge in [-0.05, 0) is 31.6 Å². The van der Waals surface area contributed by atoms with Crippen LogP contribution in [0.2, 0.25) is 0 Å². The molecule has 1 aliphatic rings. The molecule has 6 nitrogen and oxygen atoms in total. The van der Waals surface area contributed by atoms with Gasteiger partial charge in [-0.3, -0.25) is 4.79 Å². The lowest BCUT2D eigenvalue weighted by atomic mass is 9.79. The Hall–Kier alpha value is -1.13. The number of hydrogen-bond donors (Lipinski definition) is 1. The number of rotatable bonds is 5. The molecule has 0 aromatic heterocycles. The molecular formula is C12H20N2O4S. The Labute approximate surface area is 114 Å². The second-order valence-electron chi connectivity index (χ2n) is 5.12. The summed E-state index contributed by atoms with van der Waals surface area (Å²) in [5.41, 5.74) is -1.01. The van der Waals surface area contributed by atoms with Crippen LogP contribution >= 0.6 is 0 Å². The summed E-state index contributed by atoms with van der Waals surface area (Å²) in [6, 6.07) is 2.09. The molecule has 1 fully saturated rings. The summed E-state index contributed by atoms with van der Waals surface area (Å²) in [6.07, 6.45) is 2.48. The summed E-state index contributed by atoms with van der Waals surface area (Å²) in [4.78, 5) is 11.0. The lowest BCUT2D eigenvalue weighted by Gasteiger charge is -2.33. The number of carbonyl (C=O) groups is 1. The average molecular weight is 288 g/mol. The van der Waals surface area contributed by atoms with Crippen LogP contribution in [0.5, 0.6) is 0 Å². The summed E-state index contributed by atoms with van der Waals surface area (Å²) in [5, 5.41) is 9.25. The Bertz CT molecular complexity index is 459. The normalized spacial score (nSPS) is 27.5. The summed E-state index contributed by atoms with van der Waals surface area (Å²) in [5.74, 6) is -0.409. The van der Waals surface area contributed by atoms with E-state index in [4.69, 9.17) is 0 Å². The number of nitrogens with one attached hydrogen (secondary N) is 1. The average Bonchev–Trinajstić information content (AvgIpc) is 2.39. The minimum absolute atomic E-state index is 0.205. The van der Waals surface area contributed by atoms with E-state index in [-0.39, 0.29) is 12.2 Å². The third kappa shape index (κ3) is 4.80. The van der Waals surface area contributed by atoms with Crippen LogP contribution in [0.1, 0.15) is 39.0 Å². The first-order valence-corrected chi connectivity index (χ1v) is 7.97. The molecule has 0 saturated heterocycles. The summed E-state index contributed by atoms with van der Waals surface area (Å²) >= 11 is 0. The van der Waals surface area contributed by atoms with Crippen molar-refractivity contribution < 1.29 is 17.9 Å². The van der Waals surface area contributed by atoms with Crippen LogP contribution in [-0.4, -0.2) is 32.8 Å². The molecule has 1 N–H and O–H groups in total. The maximum Gasteiger partial charge on any atom is 0.306 e. The number of nitrogens with zero attached hydrogens (tertiary/aromatic N) is 1. The van der Waals surface area contributed by atoms with E-state index in [1.54, 1.807) is 0 Å². The van der Waals surface area contributed by atoms with Gasteiger partial charge < -0.3 is 4.74 Å². The fourth-order valence-electron chi connectivity index (χ4n) is 2.16. The second-order valence-corrected chi connectivity index (χ2v) is 6.97. The van der Waals surface area contributed by atoms with E-state index in [2.05, 4.69) is 22.5 Å². The molecule has 0 heterocycles. The topological polar surface area (TPSA) is 96.3 Å². The van der Waals surface area contributed by atoms with Gasteiger partial charge in [0, 0.05) is 0 Å². The van der Waals surface area contributed by atoms with E-state index < -0.39 is 21.5 Å². The molecule has 0 spiro atoms. The Morgan fingerprint density at radius 1 is 1.47 bits per heavy atom. The SMILES string of the molecule is COC(=O)CCS(=O)(=O)NC1(C#N)CCC(C)CC1. The lowest BCUT2D eigenvalue weighted by molar-refractivity contribution is -0.140. The Morgan fingerprint density at radius 3 is 2.53 bits per heavy atom. The zero-order valence-electron chi connectivity index (χ0n) is 11.3. The van der Waals surface area contributed by atoms with Gasteiger partial charge in [-0.2, -0.15) is 9.98 Å². The van der Waals surface area contributed by atoms with Crippen molar-refractivity contribution in [3.05, 3.63) is 0 Å². The van der Waals surface area contributed by atoms with E-state index in [9.17, 15) is 18.5 Å². The number of sulfonamides is 1. The van der Waals surface area contributed by atoms with Crippen molar-refractivity contribution in [1.29, 1.82) is 5.26 Å². The van der Waals surface area contributed by atoms with E-state index in [1.807, 2.05) is 0 Å². The van der Waals surface area contributed by atoms with Crippen molar-refractivity contribution >= 4 is 16.0 Å². The molecule has 0 unspecified atom stereocenters. The molecule has 0 bridgehead atoms. The molecule has 0 amide bonds. The molecule has 7 heteroatoms. The second kappa shape index (κ2) is 6.35. The molecule has 108 valence electrons. The van der Waals surface area contributed by atoms with Crippen LogP contribution in [0, 0.1) is 17.2 Å². The van der Waals surface area contributed by atoms with Crippen molar-refractivity contribution in [2.45, 2.75) is 44.6 Å². The summed E-state index contributed by atoms with van der Waals surface area (Å²) < 4.78 is 30.7. The van der Waals surface area contributed by atoms with Gasteiger partial charge in [0.15, 0.2) is 0 Å². The lowest BCUT2D eigenvalue weighted by Crippen LogP contribution is -2.50. The Balaban J connectivity index is 2.65. The molecular weight excluding hydrogens is 268 g/mol. The van der Waals surface area contributed by atoms with Crippen molar-refractivity contribution in [3.8, 4) is 6.07 Å². The smallest absolute Gasteiger partial charge is 0.306 e. The number of hydrogen-bond acceptors (Lipinski definition) is 5. The number of methoxy groups -OCH3 is 1. The number of nitriles is 1. The van der Waals surface area contributed by atoms with Crippen molar-refractivity contribution in [2.75, 3.05) is 12.9 Å². The van der Waals surface area contributed by atoms with Gasteiger partial charge in [0.05, 0.1) is 25.4 Å². The number of esters is 1. The molecule has 0 radical (unpaired) electrons. The monoisotopic (exact) mass is 288 g/mol. The van der Waals surface area contributed by atoms with Crippen LogP contribution in [0.3, 0.4) is 0 Å². The van der Waals surface area contributed by atoms with Gasteiger partial charge in [-0.1, -0.05) is 6.92 Å². The highest BCUT2D eigenvalue weighted by molar-refractivity contribution is 7.89. The van der Waals surface area contributed by atoms with Gasteiger partial charge in [0.25, 0.3) is 0 Å². The molecule has 0 aromatic carbocycles. The molecule has 1 rings (SSSR count). The molecule has 0 atom stereocenters. The van der Waals surface area contributed by atoms with Crippen LogP contribution in [0.25, 0.3) is 0 Å². The highest BCUT2D eigenvalue weighted by Crippen LogP contribution is 2.32. The highest BCUT2D eigenvalue weighted by atomic mass is 32.2. The van der Waals surface area contributed by atoms with E-state index >= 15 is 0 Å². The van der Waals surface area contributed by atoms with E-state index in [1.165, 1.54) is 7.11 Å². The van der Waals surface area contributed by atoms with E-state index in [0.29, 0.717) is 18.8 Å². The number of ether oxygens (including phenoxy) is 1. The highest BCUT2D eigenvalue weighted by Gasteiger charge is 2.37. The Kier molecular flexibility index (Phi) is 5.32. The standard InChI is InChI=1S/C12H20N2O4S/c1-10-3-6-12(9-13,7-4-10)14-19(16,17)8-5-11(15)18-2/h10,14H,3-8H2,1-2H3. The minimum Gasteiger partial charge on any atom is -0.469 e. The quantitative estimate of drug-likeness (QED) is 0.759. The zero-order chi connectivity index (χ0) is 14.5. The third-order valence-corrected chi connectivity index (χ3v) is 4.94. The van der Waals surface area contributed by atoms with Crippen LogP contribution in [0.4, 0.5) is 0 Å². The molecule has 1 saturated carbocycles. The first-order valence-electron chi connectivity index (χ1n) is 6.32. The first-order chi connectivity index (χ1) is 8.82. The van der Waals surface area contributed by atoms with Crippen LogP contribution in [0.15, 0.2) is 0 Å². The molecule has 0 aromatic rings. The van der Waals surface area contributed by atoms with Crippen molar-refractivity contribution in [2.24, 2.45) is 5.92 Å². The maximum atomic E-state index is 11.9. The van der Waals surface area contributed by atoms with Crippen molar-refractivity contribution in [3.63, 3.8) is 0 Å². The predicted octanol–water partition coefficient (Wildman–Crippen LogP) is 0.941. The van der Waals surface area contributed by atoms with Crippen LogP contribution < -0.4 is 4.72 Å². The van der Waals surface area contributed by atoms with Crippen LogP contribution in [-0.2, 0) is 19.6 Å². The number of carbonyl (C=O) groups excluding carboxylic acids is 1. The fourth-order valence-corrected chi connectivity index (χ4v) is 3.54. The first kappa shape index (κ1) is 15.9. The third-order valence-electron chi connectivity index (χ3n) is 3.50. The largest absolute Gasteiger partial charge is 0.469 e. The van der Waals surface area contributed by atoms with E-state index in [0.717, 1.165) is 12.8 Å². The predicted molar refractivity (Wildman–Crippen MR) is 69.5 cm³/mol. The van der Waals surface area contributed by atoms with Crippen molar-refractivity contribution in [1.82, 2.24) is 4.72 Å². The maximum absolute atomic E-state index is 11.9.